The van der Waals surface area contributed by atoms with Crippen molar-refractivity contribution in [1.82, 2.24) is 9.78 Å². The van der Waals surface area contributed by atoms with Gasteiger partial charge in [0.2, 0.25) is 0 Å². The molecule has 158 valence electrons. The number of rotatable bonds is 6. The number of anilines is 1. The molecule has 6 nitrogen and oxygen atoms in total. The van der Waals surface area contributed by atoms with Gasteiger partial charge in [-0.25, -0.2) is 13.1 Å². The van der Waals surface area contributed by atoms with Crippen LogP contribution in [0.3, 0.4) is 0 Å². The number of benzene rings is 2. The number of nitrogens with zero attached hydrogens (tertiary/aromatic N) is 2. The fourth-order valence-electron chi connectivity index (χ4n) is 3.00. The van der Waals surface area contributed by atoms with Gasteiger partial charge in [0, 0.05) is 23.3 Å². The van der Waals surface area contributed by atoms with Crippen LogP contribution in [0.1, 0.15) is 48.0 Å². The largest absolute Gasteiger partial charge is 0.307 e. The number of sulfone groups is 1. The molecule has 1 aromatic heterocycles. The highest BCUT2D eigenvalue weighted by atomic mass is 32.2. The number of carbonyl (C=O) groups excluding carboxylic acids is 1. The van der Waals surface area contributed by atoms with Gasteiger partial charge < -0.3 is 5.32 Å². The smallest absolute Gasteiger partial charge is 0.256 e. The molecule has 0 unspecified atom stereocenters. The van der Waals surface area contributed by atoms with Crippen LogP contribution in [0.5, 0.6) is 0 Å². The summed E-state index contributed by atoms with van der Waals surface area (Å²) in [5, 5.41) is 7.66. The van der Waals surface area contributed by atoms with E-state index in [-0.39, 0.29) is 17.1 Å². The molecule has 0 saturated heterocycles. The highest BCUT2D eigenvalue weighted by Gasteiger charge is 2.21. The molecule has 0 saturated carbocycles. The Morgan fingerprint density at radius 1 is 1.00 bits per heavy atom. The van der Waals surface area contributed by atoms with Crippen molar-refractivity contribution in [1.29, 1.82) is 0 Å². The maximum Gasteiger partial charge on any atom is 0.256 e. The molecular weight excluding hydrogens is 398 g/mol. The molecule has 3 rings (SSSR count). The molecule has 0 atom stereocenters. The minimum Gasteiger partial charge on any atom is -0.307 e. The SMILES string of the molecule is CC(C)(C)c1cc(NC(=O)c2ccc(CS(C)(=O)=O)cc2)n(Cc2ccccc2)n1. The number of amides is 1. The first kappa shape index (κ1) is 21.8. The van der Waals surface area contributed by atoms with Gasteiger partial charge in [-0.3, -0.25) is 4.79 Å². The van der Waals surface area contributed by atoms with E-state index in [4.69, 9.17) is 5.10 Å². The quantitative estimate of drug-likeness (QED) is 0.647. The molecular formula is C23H27N3O3S. The monoisotopic (exact) mass is 425 g/mol. The Hall–Kier alpha value is -2.93. The van der Waals surface area contributed by atoms with E-state index in [0.29, 0.717) is 23.5 Å². The van der Waals surface area contributed by atoms with Gasteiger partial charge in [0.25, 0.3) is 5.91 Å². The highest BCUT2D eigenvalue weighted by molar-refractivity contribution is 7.89. The molecule has 0 aliphatic carbocycles. The van der Waals surface area contributed by atoms with E-state index in [0.717, 1.165) is 11.3 Å². The van der Waals surface area contributed by atoms with Gasteiger partial charge in [0.15, 0.2) is 9.84 Å². The molecule has 0 fully saturated rings. The zero-order chi connectivity index (χ0) is 21.9. The maximum atomic E-state index is 12.8. The summed E-state index contributed by atoms with van der Waals surface area (Å²) in [5.41, 5.74) is 2.92. The summed E-state index contributed by atoms with van der Waals surface area (Å²) in [6.07, 6.45) is 1.19. The molecule has 30 heavy (non-hydrogen) atoms. The zero-order valence-electron chi connectivity index (χ0n) is 17.7. The summed E-state index contributed by atoms with van der Waals surface area (Å²) in [4.78, 5) is 12.8. The van der Waals surface area contributed by atoms with Crippen LogP contribution in [0.25, 0.3) is 0 Å². The standard InChI is InChI=1S/C23H27N3O3S/c1-23(2,3)20-14-21(26(25-20)15-17-8-6-5-7-9-17)24-22(27)19-12-10-18(11-13-19)16-30(4,28)29/h5-14H,15-16H2,1-4H3,(H,24,27). The van der Waals surface area contributed by atoms with Gasteiger partial charge in [-0.05, 0) is 23.3 Å². The second-order valence-electron chi connectivity index (χ2n) is 8.53. The Morgan fingerprint density at radius 2 is 1.63 bits per heavy atom. The van der Waals surface area contributed by atoms with Gasteiger partial charge >= 0.3 is 0 Å². The van der Waals surface area contributed by atoms with E-state index in [2.05, 4.69) is 26.1 Å². The van der Waals surface area contributed by atoms with E-state index >= 15 is 0 Å². The van der Waals surface area contributed by atoms with Crippen molar-refractivity contribution < 1.29 is 13.2 Å². The minimum absolute atomic E-state index is 0.0479. The van der Waals surface area contributed by atoms with Crippen molar-refractivity contribution in [2.75, 3.05) is 11.6 Å². The zero-order valence-corrected chi connectivity index (χ0v) is 18.5. The summed E-state index contributed by atoms with van der Waals surface area (Å²) in [6, 6.07) is 18.4. The molecule has 0 aliphatic heterocycles. The number of hydrogen-bond donors (Lipinski definition) is 1. The second kappa shape index (κ2) is 8.44. The predicted octanol–water partition coefficient (Wildman–Crippen LogP) is 4.03. The van der Waals surface area contributed by atoms with Crippen molar-refractivity contribution in [3.8, 4) is 0 Å². The molecule has 1 N–H and O–H groups in total. The van der Waals surface area contributed by atoms with Gasteiger partial charge in [0.1, 0.15) is 5.82 Å². The maximum absolute atomic E-state index is 12.8. The minimum atomic E-state index is -3.12. The number of aromatic nitrogens is 2. The van der Waals surface area contributed by atoms with Crippen LogP contribution in [0, 0.1) is 0 Å². The number of hydrogen-bond acceptors (Lipinski definition) is 4. The van der Waals surface area contributed by atoms with Crippen LogP contribution < -0.4 is 5.32 Å². The molecule has 0 bridgehead atoms. The number of carbonyl (C=O) groups is 1. The summed E-state index contributed by atoms with van der Waals surface area (Å²) >= 11 is 0. The highest BCUT2D eigenvalue weighted by Crippen LogP contribution is 2.25. The Morgan fingerprint density at radius 3 is 2.20 bits per heavy atom. The third-order valence-electron chi connectivity index (χ3n) is 4.61. The van der Waals surface area contributed by atoms with Crippen LogP contribution in [0.4, 0.5) is 5.82 Å². The molecule has 0 aliphatic rings. The second-order valence-corrected chi connectivity index (χ2v) is 10.7. The normalized spacial score (nSPS) is 12.0. The summed E-state index contributed by atoms with van der Waals surface area (Å²) < 4.78 is 24.7. The molecule has 2 aromatic carbocycles. The molecule has 0 spiro atoms. The lowest BCUT2D eigenvalue weighted by molar-refractivity contribution is 0.102. The number of nitrogens with one attached hydrogen (secondary N) is 1. The lowest BCUT2D eigenvalue weighted by atomic mass is 9.92. The first-order valence-corrected chi connectivity index (χ1v) is 11.8. The van der Waals surface area contributed by atoms with Crippen molar-refractivity contribution in [2.45, 2.75) is 38.5 Å². The lowest BCUT2D eigenvalue weighted by Crippen LogP contribution is -2.16. The Kier molecular flexibility index (Phi) is 6.12. The van der Waals surface area contributed by atoms with E-state index < -0.39 is 9.84 Å². The first-order chi connectivity index (χ1) is 14.0. The van der Waals surface area contributed by atoms with Gasteiger partial charge in [-0.1, -0.05) is 63.2 Å². The Bertz CT molecular complexity index is 1130. The summed E-state index contributed by atoms with van der Waals surface area (Å²) in [6.45, 7) is 6.77. The molecule has 0 radical (unpaired) electrons. The van der Waals surface area contributed by atoms with Crippen LogP contribution in [-0.4, -0.2) is 30.4 Å². The lowest BCUT2D eigenvalue weighted by Gasteiger charge is -2.14. The first-order valence-electron chi connectivity index (χ1n) is 9.71. The molecule has 1 amide bonds. The van der Waals surface area contributed by atoms with Gasteiger partial charge in [-0.15, -0.1) is 0 Å². The van der Waals surface area contributed by atoms with Crippen molar-refractivity contribution >= 4 is 21.6 Å². The van der Waals surface area contributed by atoms with Gasteiger partial charge in [0.05, 0.1) is 18.0 Å². The molecule has 3 aromatic rings. The topological polar surface area (TPSA) is 81.1 Å². The van der Waals surface area contributed by atoms with E-state index in [1.54, 1.807) is 28.9 Å². The predicted molar refractivity (Wildman–Crippen MR) is 119 cm³/mol. The van der Waals surface area contributed by atoms with E-state index in [1.165, 1.54) is 6.26 Å². The third kappa shape index (κ3) is 5.79. The Labute approximate surface area is 177 Å². The van der Waals surface area contributed by atoms with Crippen LogP contribution >= 0.6 is 0 Å². The molecule has 1 heterocycles. The van der Waals surface area contributed by atoms with Crippen molar-refractivity contribution in [3.63, 3.8) is 0 Å². The average Bonchev–Trinajstić information content (AvgIpc) is 3.04. The molecule has 7 heteroatoms. The summed E-state index contributed by atoms with van der Waals surface area (Å²) in [7, 11) is -3.12. The Balaban J connectivity index is 1.84. The van der Waals surface area contributed by atoms with Crippen LogP contribution in [-0.2, 0) is 27.5 Å². The van der Waals surface area contributed by atoms with Crippen molar-refractivity contribution in [2.24, 2.45) is 0 Å². The van der Waals surface area contributed by atoms with E-state index in [9.17, 15) is 13.2 Å². The fourth-order valence-corrected chi connectivity index (χ4v) is 3.80. The van der Waals surface area contributed by atoms with E-state index in [1.807, 2.05) is 36.4 Å². The van der Waals surface area contributed by atoms with Crippen molar-refractivity contribution in [3.05, 3.63) is 83.0 Å². The van der Waals surface area contributed by atoms with Gasteiger partial charge in [-0.2, -0.15) is 5.10 Å². The van der Waals surface area contributed by atoms with Crippen LogP contribution in [0.15, 0.2) is 60.7 Å². The van der Waals surface area contributed by atoms with Crippen LogP contribution in [0.2, 0.25) is 0 Å². The third-order valence-corrected chi connectivity index (χ3v) is 5.47. The fraction of sp³-hybridized carbons (Fsp3) is 0.304. The summed E-state index contributed by atoms with van der Waals surface area (Å²) in [5.74, 6) is 0.304. The average molecular weight is 426 g/mol.